The Balaban J connectivity index is 2.72. The molecule has 0 spiro atoms. The fraction of sp³-hybridized carbons (Fsp3) is 0.833. The standard InChI is InChI=1S/C12H20O3/c1-12(2,3)8-5-6-10(13)9(7-8)11(14)15-4/h8-9H,5-7H2,1-4H3/t8-,9-/m0/s1. The summed E-state index contributed by atoms with van der Waals surface area (Å²) in [5.41, 5.74) is 0.160. The lowest BCUT2D eigenvalue weighted by atomic mass is 9.69. The van der Waals surface area contributed by atoms with Crippen molar-refractivity contribution in [1.82, 2.24) is 0 Å². The quantitative estimate of drug-likeness (QED) is 0.494. The van der Waals surface area contributed by atoms with Crippen LogP contribution in [-0.4, -0.2) is 18.9 Å². The first-order valence-electron chi connectivity index (χ1n) is 5.46. The van der Waals surface area contributed by atoms with Crippen LogP contribution in [0.5, 0.6) is 0 Å². The topological polar surface area (TPSA) is 43.4 Å². The summed E-state index contributed by atoms with van der Waals surface area (Å²) in [5.74, 6) is -0.413. The number of ether oxygens (including phenoxy) is 1. The van der Waals surface area contributed by atoms with Gasteiger partial charge in [-0.25, -0.2) is 0 Å². The molecule has 1 rings (SSSR count). The van der Waals surface area contributed by atoms with E-state index in [1.54, 1.807) is 0 Å². The van der Waals surface area contributed by atoms with Crippen LogP contribution in [0, 0.1) is 17.3 Å². The Bertz CT molecular complexity index is 255. The van der Waals surface area contributed by atoms with Crippen LogP contribution in [0.2, 0.25) is 0 Å². The smallest absolute Gasteiger partial charge is 0.316 e. The van der Waals surface area contributed by atoms with Gasteiger partial charge in [-0.15, -0.1) is 0 Å². The second-order valence-electron chi connectivity index (χ2n) is 5.38. The molecule has 1 aliphatic carbocycles. The summed E-state index contributed by atoms with van der Waals surface area (Å²) >= 11 is 0. The summed E-state index contributed by atoms with van der Waals surface area (Å²) < 4.78 is 4.66. The first-order chi connectivity index (χ1) is 6.86. The largest absolute Gasteiger partial charge is 0.468 e. The summed E-state index contributed by atoms with van der Waals surface area (Å²) in [6, 6.07) is 0. The van der Waals surface area contributed by atoms with E-state index >= 15 is 0 Å². The Morgan fingerprint density at radius 1 is 1.40 bits per heavy atom. The molecule has 0 unspecified atom stereocenters. The second kappa shape index (κ2) is 4.33. The molecule has 3 nitrogen and oxygen atoms in total. The summed E-state index contributed by atoms with van der Waals surface area (Å²) in [5, 5.41) is 0. The van der Waals surface area contributed by atoms with Gasteiger partial charge in [0.25, 0.3) is 0 Å². The van der Waals surface area contributed by atoms with Crippen molar-refractivity contribution < 1.29 is 14.3 Å². The number of ketones is 1. The lowest BCUT2D eigenvalue weighted by molar-refractivity contribution is -0.152. The molecular weight excluding hydrogens is 192 g/mol. The molecule has 0 heterocycles. The third-order valence-electron chi connectivity index (χ3n) is 3.36. The average Bonchev–Trinajstić information content (AvgIpc) is 2.15. The number of hydrogen-bond donors (Lipinski definition) is 0. The molecule has 0 N–H and O–H groups in total. The lowest BCUT2D eigenvalue weighted by Crippen LogP contribution is -2.36. The Morgan fingerprint density at radius 2 is 2.00 bits per heavy atom. The van der Waals surface area contributed by atoms with E-state index < -0.39 is 5.92 Å². The van der Waals surface area contributed by atoms with E-state index in [0.717, 1.165) is 6.42 Å². The van der Waals surface area contributed by atoms with Crippen molar-refractivity contribution in [2.45, 2.75) is 40.0 Å². The fourth-order valence-corrected chi connectivity index (χ4v) is 2.18. The number of carbonyl (C=O) groups excluding carboxylic acids is 2. The van der Waals surface area contributed by atoms with Gasteiger partial charge in [0.2, 0.25) is 0 Å². The molecule has 0 amide bonds. The van der Waals surface area contributed by atoms with Crippen molar-refractivity contribution in [2.75, 3.05) is 7.11 Å². The van der Waals surface area contributed by atoms with Gasteiger partial charge in [0, 0.05) is 6.42 Å². The maximum absolute atomic E-state index is 11.6. The van der Waals surface area contributed by atoms with Crippen molar-refractivity contribution in [3.8, 4) is 0 Å². The van der Waals surface area contributed by atoms with Crippen molar-refractivity contribution >= 4 is 11.8 Å². The molecule has 0 aromatic rings. The molecule has 0 aromatic heterocycles. The van der Waals surface area contributed by atoms with E-state index in [1.165, 1.54) is 7.11 Å². The third kappa shape index (κ3) is 2.80. The van der Waals surface area contributed by atoms with Gasteiger partial charge in [0.05, 0.1) is 7.11 Å². The fourth-order valence-electron chi connectivity index (χ4n) is 2.18. The van der Waals surface area contributed by atoms with Gasteiger partial charge in [0.15, 0.2) is 0 Å². The minimum atomic E-state index is -0.520. The van der Waals surface area contributed by atoms with Gasteiger partial charge >= 0.3 is 5.97 Å². The third-order valence-corrected chi connectivity index (χ3v) is 3.36. The summed E-state index contributed by atoms with van der Waals surface area (Å²) in [7, 11) is 1.34. The van der Waals surface area contributed by atoms with Crippen LogP contribution in [0.25, 0.3) is 0 Å². The Morgan fingerprint density at radius 3 is 2.47 bits per heavy atom. The van der Waals surface area contributed by atoms with Crippen molar-refractivity contribution in [1.29, 1.82) is 0 Å². The van der Waals surface area contributed by atoms with Crippen molar-refractivity contribution in [2.24, 2.45) is 17.3 Å². The number of methoxy groups -OCH3 is 1. The van der Waals surface area contributed by atoms with Crippen molar-refractivity contribution in [3.63, 3.8) is 0 Å². The number of hydrogen-bond acceptors (Lipinski definition) is 3. The van der Waals surface area contributed by atoms with E-state index in [-0.39, 0.29) is 17.2 Å². The number of Topliss-reactive ketones (excluding diaryl/α,β-unsaturated/α-hetero) is 1. The predicted octanol–water partition coefficient (Wildman–Crippen LogP) is 2.19. The molecule has 3 heteroatoms. The molecule has 0 saturated heterocycles. The van der Waals surface area contributed by atoms with E-state index in [0.29, 0.717) is 18.8 Å². The molecule has 0 aliphatic heterocycles. The zero-order chi connectivity index (χ0) is 11.6. The number of rotatable bonds is 1. The van der Waals surface area contributed by atoms with Crippen LogP contribution < -0.4 is 0 Å². The Hall–Kier alpha value is -0.860. The number of carbonyl (C=O) groups is 2. The molecule has 1 aliphatic rings. The SMILES string of the molecule is COC(=O)[C@H]1C[C@@H](C(C)(C)C)CCC1=O. The maximum atomic E-state index is 11.6. The minimum absolute atomic E-state index is 0.0438. The highest BCUT2D eigenvalue weighted by molar-refractivity contribution is 5.99. The van der Waals surface area contributed by atoms with Crippen LogP contribution in [0.4, 0.5) is 0 Å². The van der Waals surface area contributed by atoms with Crippen LogP contribution in [0.1, 0.15) is 40.0 Å². The van der Waals surface area contributed by atoms with E-state index in [1.807, 2.05) is 0 Å². The highest BCUT2D eigenvalue weighted by Gasteiger charge is 2.38. The predicted molar refractivity (Wildman–Crippen MR) is 57.3 cm³/mol. The summed E-state index contributed by atoms with van der Waals surface area (Å²) in [6.45, 7) is 6.46. The second-order valence-corrected chi connectivity index (χ2v) is 5.38. The first-order valence-corrected chi connectivity index (χ1v) is 5.46. The Kier molecular flexibility index (Phi) is 3.53. The molecular formula is C12H20O3. The molecule has 15 heavy (non-hydrogen) atoms. The van der Waals surface area contributed by atoms with Gasteiger partial charge in [-0.1, -0.05) is 20.8 Å². The molecule has 0 bridgehead atoms. The normalized spacial score (nSPS) is 27.6. The lowest BCUT2D eigenvalue weighted by Gasteiger charge is -2.35. The van der Waals surface area contributed by atoms with Gasteiger partial charge in [-0.2, -0.15) is 0 Å². The van der Waals surface area contributed by atoms with Crippen molar-refractivity contribution in [3.05, 3.63) is 0 Å². The maximum Gasteiger partial charge on any atom is 0.316 e. The van der Waals surface area contributed by atoms with Crippen LogP contribution >= 0.6 is 0 Å². The minimum Gasteiger partial charge on any atom is -0.468 e. The van der Waals surface area contributed by atoms with E-state index in [4.69, 9.17) is 0 Å². The molecule has 0 radical (unpaired) electrons. The monoisotopic (exact) mass is 212 g/mol. The average molecular weight is 212 g/mol. The first kappa shape index (κ1) is 12.2. The Labute approximate surface area is 91.2 Å². The molecule has 0 aromatic carbocycles. The van der Waals surface area contributed by atoms with Gasteiger partial charge in [-0.3, -0.25) is 9.59 Å². The van der Waals surface area contributed by atoms with Crippen LogP contribution in [-0.2, 0) is 14.3 Å². The number of esters is 1. The van der Waals surface area contributed by atoms with E-state index in [2.05, 4.69) is 25.5 Å². The highest BCUT2D eigenvalue weighted by atomic mass is 16.5. The summed E-state index contributed by atoms with van der Waals surface area (Å²) in [4.78, 5) is 23.0. The zero-order valence-corrected chi connectivity index (χ0v) is 10.0. The van der Waals surface area contributed by atoms with Gasteiger partial charge < -0.3 is 4.74 Å². The van der Waals surface area contributed by atoms with Crippen LogP contribution in [0.15, 0.2) is 0 Å². The highest BCUT2D eigenvalue weighted by Crippen LogP contribution is 2.39. The molecule has 1 fully saturated rings. The molecule has 1 saturated carbocycles. The molecule has 2 atom stereocenters. The van der Waals surface area contributed by atoms with Gasteiger partial charge in [0.1, 0.15) is 11.7 Å². The van der Waals surface area contributed by atoms with E-state index in [9.17, 15) is 9.59 Å². The molecule has 86 valence electrons. The van der Waals surface area contributed by atoms with Gasteiger partial charge in [-0.05, 0) is 24.2 Å². The van der Waals surface area contributed by atoms with Crippen LogP contribution in [0.3, 0.4) is 0 Å². The zero-order valence-electron chi connectivity index (χ0n) is 10.0. The summed E-state index contributed by atoms with van der Waals surface area (Å²) in [6.07, 6.45) is 2.06.